The lowest BCUT2D eigenvalue weighted by Gasteiger charge is -2.26. The smallest absolute Gasteiger partial charge is 0.251 e. The van der Waals surface area contributed by atoms with Crippen molar-refractivity contribution in [3.8, 4) is 0 Å². The van der Waals surface area contributed by atoms with Crippen LogP contribution in [0.25, 0.3) is 0 Å². The van der Waals surface area contributed by atoms with Gasteiger partial charge in [-0.1, -0.05) is 24.6 Å². The van der Waals surface area contributed by atoms with Crippen molar-refractivity contribution in [1.82, 2.24) is 9.62 Å². The molecule has 0 saturated carbocycles. The highest BCUT2D eigenvalue weighted by molar-refractivity contribution is 7.89. The number of benzene rings is 2. The van der Waals surface area contributed by atoms with E-state index in [-0.39, 0.29) is 16.8 Å². The standard InChI is InChI=1S/C24H32N2O3S/c1-16-9-10-21(15-23(16)30(28,29)26-11-7-6-8-12-26)24(27)25-20(5)22-14-18(3)17(2)13-19(22)4/h9-10,13-15,20H,6-8,11-12H2,1-5H3,(H,25,27)/t20-/m1/s1. The second-order valence-electron chi connectivity index (χ2n) is 8.43. The molecule has 0 radical (unpaired) electrons. The molecule has 6 heteroatoms. The van der Waals surface area contributed by atoms with Gasteiger partial charge in [0.1, 0.15) is 0 Å². The van der Waals surface area contributed by atoms with Crippen molar-refractivity contribution in [2.75, 3.05) is 13.1 Å². The molecule has 1 fully saturated rings. The molecule has 162 valence electrons. The van der Waals surface area contributed by atoms with E-state index in [9.17, 15) is 13.2 Å². The van der Waals surface area contributed by atoms with Crippen molar-refractivity contribution in [3.05, 3.63) is 63.7 Å². The van der Waals surface area contributed by atoms with Gasteiger partial charge in [-0.15, -0.1) is 0 Å². The number of amides is 1. The van der Waals surface area contributed by atoms with E-state index < -0.39 is 10.0 Å². The van der Waals surface area contributed by atoms with Crippen LogP contribution in [-0.4, -0.2) is 31.7 Å². The van der Waals surface area contributed by atoms with Gasteiger partial charge in [-0.2, -0.15) is 4.31 Å². The summed E-state index contributed by atoms with van der Waals surface area (Å²) in [6.07, 6.45) is 2.82. The third kappa shape index (κ3) is 4.60. The van der Waals surface area contributed by atoms with E-state index in [1.54, 1.807) is 23.4 Å². The highest BCUT2D eigenvalue weighted by Crippen LogP contribution is 2.26. The molecule has 0 spiro atoms. The average Bonchev–Trinajstić information content (AvgIpc) is 2.71. The Balaban J connectivity index is 1.85. The van der Waals surface area contributed by atoms with Crippen LogP contribution in [-0.2, 0) is 10.0 Å². The van der Waals surface area contributed by atoms with Crippen LogP contribution in [0.1, 0.15) is 70.4 Å². The second-order valence-corrected chi connectivity index (χ2v) is 10.3. The number of hydrogen-bond donors (Lipinski definition) is 1. The van der Waals surface area contributed by atoms with Crippen LogP contribution in [0.2, 0.25) is 0 Å². The molecule has 1 aliphatic heterocycles. The van der Waals surface area contributed by atoms with Crippen LogP contribution < -0.4 is 5.32 Å². The number of sulfonamides is 1. The molecule has 5 nitrogen and oxygen atoms in total. The SMILES string of the molecule is Cc1cc(C)c([C@@H](C)NC(=O)c2ccc(C)c(S(=O)(=O)N3CCCCC3)c2)cc1C. The molecule has 0 bridgehead atoms. The Hall–Kier alpha value is -2.18. The summed E-state index contributed by atoms with van der Waals surface area (Å²) in [5, 5.41) is 3.03. The maximum atomic E-state index is 13.1. The number of carbonyl (C=O) groups is 1. The Morgan fingerprint density at radius 1 is 0.900 bits per heavy atom. The predicted octanol–water partition coefficient (Wildman–Crippen LogP) is 4.59. The molecule has 1 saturated heterocycles. The summed E-state index contributed by atoms with van der Waals surface area (Å²) in [5.74, 6) is -0.268. The summed E-state index contributed by atoms with van der Waals surface area (Å²) in [4.78, 5) is 13.2. The minimum Gasteiger partial charge on any atom is -0.346 e. The summed E-state index contributed by atoms with van der Waals surface area (Å²) in [6, 6.07) is 8.99. The first-order valence-electron chi connectivity index (χ1n) is 10.6. The van der Waals surface area contributed by atoms with Gasteiger partial charge in [0.25, 0.3) is 5.91 Å². The minimum absolute atomic E-state index is 0.180. The van der Waals surface area contributed by atoms with Crippen LogP contribution in [0.15, 0.2) is 35.2 Å². The average molecular weight is 429 g/mol. The Labute approximate surface area is 180 Å². The van der Waals surface area contributed by atoms with E-state index in [0.29, 0.717) is 24.2 Å². The minimum atomic E-state index is -3.59. The number of nitrogens with one attached hydrogen (secondary N) is 1. The van der Waals surface area contributed by atoms with Gasteiger partial charge in [-0.25, -0.2) is 8.42 Å². The maximum Gasteiger partial charge on any atom is 0.251 e. The molecule has 3 rings (SSSR count). The fourth-order valence-electron chi connectivity index (χ4n) is 4.07. The molecular weight excluding hydrogens is 396 g/mol. The van der Waals surface area contributed by atoms with Gasteiger partial charge in [-0.05, 0) is 87.4 Å². The normalized spacial score (nSPS) is 16.3. The van der Waals surface area contributed by atoms with Gasteiger partial charge in [0.05, 0.1) is 10.9 Å². The van der Waals surface area contributed by atoms with E-state index in [1.807, 2.05) is 13.8 Å². The Kier molecular flexibility index (Phi) is 6.68. The van der Waals surface area contributed by atoms with Crippen LogP contribution in [0.3, 0.4) is 0 Å². The Bertz CT molecular complexity index is 1050. The molecule has 1 amide bonds. The number of hydrogen-bond acceptors (Lipinski definition) is 3. The fraction of sp³-hybridized carbons (Fsp3) is 0.458. The number of nitrogens with zero attached hydrogens (tertiary/aromatic N) is 1. The summed E-state index contributed by atoms with van der Waals surface area (Å²) in [6.45, 7) is 11.0. The highest BCUT2D eigenvalue weighted by Gasteiger charge is 2.28. The van der Waals surface area contributed by atoms with Crippen molar-refractivity contribution in [1.29, 1.82) is 0 Å². The largest absolute Gasteiger partial charge is 0.346 e. The van der Waals surface area contributed by atoms with Gasteiger partial charge >= 0.3 is 0 Å². The van der Waals surface area contributed by atoms with E-state index in [2.05, 4.69) is 31.3 Å². The van der Waals surface area contributed by atoms with Gasteiger partial charge in [-0.3, -0.25) is 4.79 Å². The Morgan fingerprint density at radius 3 is 2.20 bits per heavy atom. The van der Waals surface area contributed by atoms with Crippen molar-refractivity contribution in [2.45, 2.75) is 64.8 Å². The van der Waals surface area contributed by atoms with Crippen LogP contribution in [0.4, 0.5) is 0 Å². The zero-order chi connectivity index (χ0) is 22.1. The highest BCUT2D eigenvalue weighted by atomic mass is 32.2. The molecular formula is C24H32N2O3S. The fourth-order valence-corrected chi connectivity index (χ4v) is 5.84. The lowest BCUT2D eigenvalue weighted by atomic mass is 9.96. The van der Waals surface area contributed by atoms with Gasteiger partial charge in [0.15, 0.2) is 0 Å². The Morgan fingerprint density at radius 2 is 1.53 bits per heavy atom. The monoisotopic (exact) mass is 428 g/mol. The maximum absolute atomic E-state index is 13.1. The quantitative estimate of drug-likeness (QED) is 0.758. The van der Waals surface area contributed by atoms with Gasteiger partial charge < -0.3 is 5.32 Å². The molecule has 1 heterocycles. The third-order valence-corrected chi connectivity index (χ3v) is 8.12. The molecule has 2 aromatic rings. The number of carbonyl (C=O) groups excluding carboxylic acids is 1. The number of piperidine rings is 1. The van der Waals surface area contributed by atoms with Gasteiger partial charge in [0.2, 0.25) is 10.0 Å². The second kappa shape index (κ2) is 8.90. The molecule has 1 N–H and O–H groups in total. The molecule has 1 atom stereocenters. The molecule has 2 aromatic carbocycles. The summed E-state index contributed by atoms with van der Waals surface area (Å²) < 4.78 is 27.8. The number of rotatable bonds is 5. The first-order chi connectivity index (χ1) is 14.1. The first-order valence-corrected chi connectivity index (χ1v) is 12.0. The van der Waals surface area contributed by atoms with Crippen LogP contribution >= 0.6 is 0 Å². The van der Waals surface area contributed by atoms with Crippen LogP contribution in [0.5, 0.6) is 0 Å². The van der Waals surface area contributed by atoms with Crippen LogP contribution in [0, 0.1) is 27.7 Å². The molecule has 0 aliphatic carbocycles. The third-order valence-electron chi connectivity index (χ3n) is 6.08. The summed E-state index contributed by atoms with van der Waals surface area (Å²) >= 11 is 0. The van der Waals surface area contributed by atoms with Crippen molar-refractivity contribution in [3.63, 3.8) is 0 Å². The van der Waals surface area contributed by atoms with Crippen molar-refractivity contribution < 1.29 is 13.2 Å². The number of aryl methyl sites for hydroxylation is 4. The first kappa shape index (κ1) is 22.5. The summed E-state index contributed by atoms with van der Waals surface area (Å²) in [5.41, 5.74) is 5.63. The zero-order valence-electron chi connectivity index (χ0n) is 18.6. The topological polar surface area (TPSA) is 66.5 Å². The van der Waals surface area contributed by atoms with E-state index >= 15 is 0 Å². The molecule has 0 unspecified atom stereocenters. The molecule has 0 aromatic heterocycles. The van der Waals surface area contributed by atoms with E-state index in [1.165, 1.54) is 17.2 Å². The van der Waals surface area contributed by atoms with Crippen molar-refractivity contribution >= 4 is 15.9 Å². The lowest BCUT2D eigenvalue weighted by Crippen LogP contribution is -2.36. The zero-order valence-corrected chi connectivity index (χ0v) is 19.4. The van der Waals surface area contributed by atoms with E-state index in [4.69, 9.17) is 0 Å². The molecule has 1 aliphatic rings. The van der Waals surface area contributed by atoms with Crippen molar-refractivity contribution in [2.24, 2.45) is 0 Å². The van der Waals surface area contributed by atoms with Gasteiger partial charge in [0, 0.05) is 18.7 Å². The molecule has 30 heavy (non-hydrogen) atoms. The summed E-state index contributed by atoms with van der Waals surface area (Å²) in [7, 11) is -3.59. The van der Waals surface area contributed by atoms with E-state index in [0.717, 1.165) is 30.4 Å². The lowest BCUT2D eigenvalue weighted by molar-refractivity contribution is 0.0939. The predicted molar refractivity (Wildman–Crippen MR) is 120 cm³/mol.